The summed E-state index contributed by atoms with van der Waals surface area (Å²) in [6, 6.07) is 20.8. The number of hydrogen-bond donors (Lipinski definition) is 0. The Labute approximate surface area is 169 Å². The first kappa shape index (κ1) is 19.1. The van der Waals surface area contributed by atoms with Crippen molar-refractivity contribution in [1.29, 1.82) is 0 Å². The van der Waals surface area contributed by atoms with Gasteiger partial charge in [-0.1, -0.05) is 69.2 Å². The van der Waals surface area contributed by atoms with E-state index in [2.05, 4.69) is 68.4 Å². The molecular formula is C27H32O. The summed E-state index contributed by atoms with van der Waals surface area (Å²) < 4.78 is 5.90. The number of aryl methyl sites for hydroxylation is 2. The summed E-state index contributed by atoms with van der Waals surface area (Å²) in [7, 11) is 0. The van der Waals surface area contributed by atoms with Crippen molar-refractivity contribution in [2.45, 2.75) is 64.7 Å². The number of benzene rings is 3. The molecule has 0 heterocycles. The number of fused-ring (bicyclic) bond motifs is 2. The zero-order chi connectivity index (χ0) is 19.3. The largest absolute Gasteiger partial charge is 0.494 e. The minimum atomic E-state index is 0.624. The summed E-state index contributed by atoms with van der Waals surface area (Å²) in [5.74, 6) is 1.67. The zero-order valence-electron chi connectivity index (χ0n) is 17.3. The molecule has 0 radical (unpaired) electrons. The van der Waals surface area contributed by atoms with Gasteiger partial charge in [0, 0.05) is 0 Å². The highest BCUT2D eigenvalue weighted by atomic mass is 16.5. The third-order valence-corrected chi connectivity index (χ3v) is 6.11. The fourth-order valence-electron chi connectivity index (χ4n) is 4.45. The fraction of sp³-hybridized carbons (Fsp3) is 0.407. The summed E-state index contributed by atoms with van der Waals surface area (Å²) in [6.07, 6.45) is 8.20. The SMILES string of the molecule is CCCCOc1ccc2c(c1)CCC(c1ccc3cc(CCC)ccc3c1)C2. The maximum atomic E-state index is 5.90. The van der Waals surface area contributed by atoms with Gasteiger partial charge >= 0.3 is 0 Å². The summed E-state index contributed by atoms with van der Waals surface area (Å²) in [5.41, 5.74) is 5.92. The molecule has 1 atom stereocenters. The van der Waals surface area contributed by atoms with E-state index in [-0.39, 0.29) is 0 Å². The third kappa shape index (κ3) is 4.24. The second-order valence-corrected chi connectivity index (χ2v) is 8.26. The summed E-state index contributed by atoms with van der Waals surface area (Å²) in [5, 5.41) is 2.75. The minimum Gasteiger partial charge on any atom is -0.494 e. The highest BCUT2D eigenvalue weighted by molar-refractivity contribution is 5.84. The van der Waals surface area contributed by atoms with Crippen molar-refractivity contribution in [1.82, 2.24) is 0 Å². The Morgan fingerprint density at radius 1 is 0.857 bits per heavy atom. The molecule has 0 saturated heterocycles. The first-order chi connectivity index (χ1) is 13.8. The van der Waals surface area contributed by atoms with Crippen LogP contribution in [0.15, 0.2) is 54.6 Å². The molecule has 146 valence electrons. The lowest BCUT2D eigenvalue weighted by atomic mass is 9.79. The van der Waals surface area contributed by atoms with Gasteiger partial charge in [-0.15, -0.1) is 0 Å². The average Bonchev–Trinajstić information content (AvgIpc) is 2.73. The third-order valence-electron chi connectivity index (χ3n) is 6.11. The van der Waals surface area contributed by atoms with Crippen LogP contribution < -0.4 is 4.74 Å². The zero-order valence-corrected chi connectivity index (χ0v) is 17.3. The van der Waals surface area contributed by atoms with Crippen LogP contribution in [0, 0.1) is 0 Å². The van der Waals surface area contributed by atoms with E-state index < -0.39 is 0 Å². The molecule has 0 bridgehead atoms. The molecule has 0 amide bonds. The van der Waals surface area contributed by atoms with Gasteiger partial charge in [-0.3, -0.25) is 0 Å². The van der Waals surface area contributed by atoms with Crippen LogP contribution in [-0.4, -0.2) is 6.61 Å². The van der Waals surface area contributed by atoms with E-state index in [0.29, 0.717) is 5.92 Å². The monoisotopic (exact) mass is 372 g/mol. The van der Waals surface area contributed by atoms with Gasteiger partial charge < -0.3 is 4.74 Å². The molecule has 1 unspecified atom stereocenters. The van der Waals surface area contributed by atoms with Crippen LogP contribution in [0.5, 0.6) is 5.75 Å². The van der Waals surface area contributed by atoms with E-state index in [0.717, 1.165) is 31.6 Å². The maximum absolute atomic E-state index is 5.90. The highest BCUT2D eigenvalue weighted by Gasteiger charge is 2.21. The van der Waals surface area contributed by atoms with Crippen molar-refractivity contribution in [3.63, 3.8) is 0 Å². The van der Waals surface area contributed by atoms with Crippen LogP contribution in [0.3, 0.4) is 0 Å². The first-order valence-electron chi connectivity index (χ1n) is 11.0. The van der Waals surface area contributed by atoms with Gasteiger partial charge in [-0.25, -0.2) is 0 Å². The molecule has 1 nitrogen and oxygen atoms in total. The summed E-state index contributed by atoms with van der Waals surface area (Å²) in [6.45, 7) is 5.27. The molecule has 0 saturated carbocycles. The topological polar surface area (TPSA) is 9.23 Å². The predicted molar refractivity (Wildman–Crippen MR) is 120 cm³/mol. The van der Waals surface area contributed by atoms with Gasteiger partial charge in [-0.2, -0.15) is 0 Å². The minimum absolute atomic E-state index is 0.624. The Morgan fingerprint density at radius 2 is 1.71 bits per heavy atom. The number of rotatable bonds is 7. The Hall–Kier alpha value is -2.28. The molecular weight excluding hydrogens is 340 g/mol. The lowest BCUT2D eigenvalue weighted by molar-refractivity contribution is 0.309. The van der Waals surface area contributed by atoms with Crippen molar-refractivity contribution < 1.29 is 4.74 Å². The molecule has 0 aromatic heterocycles. The van der Waals surface area contributed by atoms with Gasteiger partial charge in [-0.05, 0) is 83.2 Å². The van der Waals surface area contributed by atoms with Gasteiger partial charge in [0.05, 0.1) is 6.61 Å². The van der Waals surface area contributed by atoms with Crippen LogP contribution >= 0.6 is 0 Å². The van der Waals surface area contributed by atoms with Crippen molar-refractivity contribution in [2.75, 3.05) is 6.61 Å². The number of hydrogen-bond acceptors (Lipinski definition) is 1. The van der Waals surface area contributed by atoms with Gasteiger partial charge in [0.2, 0.25) is 0 Å². The van der Waals surface area contributed by atoms with Crippen molar-refractivity contribution >= 4 is 10.8 Å². The van der Waals surface area contributed by atoms with Crippen molar-refractivity contribution in [2.24, 2.45) is 0 Å². The molecule has 1 heteroatoms. The second-order valence-electron chi connectivity index (χ2n) is 8.26. The lowest BCUT2D eigenvalue weighted by Gasteiger charge is -2.26. The maximum Gasteiger partial charge on any atom is 0.119 e. The molecule has 3 aromatic carbocycles. The fourth-order valence-corrected chi connectivity index (χ4v) is 4.45. The predicted octanol–water partition coefficient (Wildman–Crippen LogP) is 7.24. The number of ether oxygens (including phenoxy) is 1. The normalized spacial score (nSPS) is 16.1. The average molecular weight is 373 g/mol. The lowest BCUT2D eigenvalue weighted by Crippen LogP contribution is -2.13. The first-order valence-corrected chi connectivity index (χ1v) is 11.0. The summed E-state index contributed by atoms with van der Waals surface area (Å²) in [4.78, 5) is 0. The molecule has 0 N–H and O–H groups in total. The van der Waals surface area contributed by atoms with Crippen LogP contribution in [0.4, 0.5) is 0 Å². The van der Waals surface area contributed by atoms with Gasteiger partial charge in [0.15, 0.2) is 0 Å². The van der Waals surface area contributed by atoms with Gasteiger partial charge in [0.25, 0.3) is 0 Å². The van der Waals surface area contributed by atoms with E-state index in [1.807, 2.05) is 0 Å². The standard InChI is InChI=1S/C27H32O/c1-3-5-15-28-27-14-13-25-18-24(11-12-26(25)19-27)23-10-9-21-16-20(6-4-2)7-8-22(21)17-23/h7-10,13-14,16-17,19,24H,3-6,11-12,15,18H2,1-2H3. The Morgan fingerprint density at radius 3 is 2.57 bits per heavy atom. The molecule has 1 aliphatic rings. The molecule has 0 fully saturated rings. The highest BCUT2D eigenvalue weighted by Crippen LogP contribution is 2.35. The van der Waals surface area contributed by atoms with E-state index in [1.54, 1.807) is 0 Å². The van der Waals surface area contributed by atoms with E-state index in [1.165, 1.54) is 58.7 Å². The summed E-state index contributed by atoms with van der Waals surface area (Å²) >= 11 is 0. The molecule has 28 heavy (non-hydrogen) atoms. The van der Waals surface area contributed by atoms with E-state index >= 15 is 0 Å². The molecule has 0 spiro atoms. The van der Waals surface area contributed by atoms with Crippen LogP contribution in [0.1, 0.15) is 67.7 Å². The quantitative estimate of drug-likeness (QED) is 0.397. The molecule has 4 rings (SSSR count). The molecule has 3 aromatic rings. The van der Waals surface area contributed by atoms with Crippen LogP contribution in [0.2, 0.25) is 0 Å². The second kappa shape index (κ2) is 8.82. The Bertz CT molecular complexity index is 940. The smallest absolute Gasteiger partial charge is 0.119 e. The number of unbranched alkanes of at least 4 members (excludes halogenated alkanes) is 1. The van der Waals surface area contributed by atoms with Gasteiger partial charge in [0.1, 0.15) is 5.75 Å². The Kier molecular flexibility index (Phi) is 6.00. The molecule has 0 aliphatic heterocycles. The van der Waals surface area contributed by atoms with Crippen molar-refractivity contribution in [3.8, 4) is 5.75 Å². The van der Waals surface area contributed by atoms with Crippen LogP contribution in [-0.2, 0) is 19.3 Å². The Balaban J connectivity index is 1.49. The van der Waals surface area contributed by atoms with E-state index in [4.69, 9.17) is 4.74 Å². The van der Waals surface area contributed by atoms with Crippen LogP contribution in [0.25, 0.3) is 10.8 Å². The van der Waals surface area contributed by atoms with Crippen molar-refractivity contribution in [3.05, 3.63) is 76.9 Å². The molecule has 1 aliphatic carbocycles. The van der Waals surface area contributed by atoms with E-state index in [9.17, 15) is 0 Å².